The standard InChI is InChI=1S/C17H19N3O4/c1-3-23-14-6-4-13(5-7-14)18-16(21)12-9-20(10-12)17(22)15-8-11(2)24-19-15/h4-8,12H,3,9-10H2,1-2H3,(H,18,21). The lowest BCUT2D eigenvalue weighted by Gasteiger charge is -2.37. The molecule has 0 saturated carbocycles. The third-order valence-corrected chi connectivity index (χ3v) is 3.82. The van der Waals surface area contributed by atoms with Gasteiger partial charge >= 0.3 is 0 Å². The van der Waals surface area contributed by atoms with Crippen LogP contribution in [0.2, 0.25) is 0 Å². The SMILES string of the molecule is CCOc1ccc(NC(=O)C2CN(C(=O)c3cc(C)on3)C2)cc1. The lowest BCUT2D eigenvalue weighted by atomic mass is 9.98. The van der Waals surface area contributed by atoms with Crippen LogP contribution in [0.15, 0.2) is 34.9 Å². The second-order valence-corrected chi connectivity index (χ2v) is 5.68. The molecule has 0 atom stereocenters. The second kappa shape index (κ2) is 6.74. The third-order valence-electron chi connectivity index (χ3n) is 3.82. The fourth-order valence-electron chi connectivity index (χ4n) is 2.48. The highest BCUT2D eigenvalue weighted by Gasteiger charge is 2.37. The maximum atomic E-state index is 12.2. The number of carbonyl (C=O) groups is 2. The molecule has 1 fully saturated rings. The van der Waals surface area contributed by atoms with Crippen LogP contribution in [0.4, 0.5) is 5.69 Å². The fourth-order valence-corrected chi connectivity index (χ4v) is 2.48. The van der Waals surface area contributed by atoms with E-state index in [1.807, 2.05) is 19.1 Å². The summed E-state index contributed by atoms with van der Waals surface area (Å²) >= 11 is 0. The van der Waals surface area contributed by atoms with Crippen LogP contribution in [-0.4, -0.2) is 41.6 Å². The number of hydrogen-bond acceptors (Lipinski definition) is 5. The van der Waals surface area contributed by atoms with Crippen molar-refractivity contribution in [3.63, 3.8) is 0 Å². The largest absolute Gasteiger partial charge is 0.494 e. The highest BCUT2D eigenvalue weighted by atomic mass is 16.5. The fraction of sp³-hybridized carbons (Fsp3) is 0.353. The Bertz CT molecular complexity index is 733. The molecule has 0 unspecified atom stereocenters. The molecule has 1 saturated heterocycles. The van der Waals surface area contributed by atoms with Crippen molar-refractivity contribution in [2.24, 2.45) is 5.92 Å². The van der Waals surface area contributed by atoms with E-state index in [4.69, 9.17) is 9.26 Å². The molecule has 1 aromatic carbocycles. The van der Waals surface area contributed by atoms with Crippen molar-refractivity contribution in [1.82, 2.24) is 10.1 Å². The molecule has 0 bridgehead atoms. The van der Waals surface area contributed by atoms with E-state index < -0.39 is 0 Å². The number of nitrogens with zero attached hydrogens (tertiary/aromatic N) is 2. The van der Waals surface area contributed by atoms with Gasteiger partial charge in [-0.25, -0.2) is 0 Å². The first kappa shape index (κ1) is 16.0. The van der Waals surface area contributed by atoms with Gasteiger partial charge in [0.1, 0.15) is 11.5 Å². The first-order valence-electron chi connectivity index (χ1n) is 7.83. The molecule has 1 aromatic heterocycles. The van der Waals surface area contributed by atoms with E-state index in [-0.39, 0.29) is 23.4 Å². The Labute approximate surface area is 139 Å². The van der Waals surface area contributed by atoms with Crippen molar-refractivity contribution < 1.29 is 18.8 Å². The summed E-state index contributed by atoms with van der Waals surface area (Å²) in [5.41, 5.74) is 0.984. The average molecular weight is 329 g/mol. The highest BCUT2D eigenvalue weighted by molar-refractivity contribution is 5.97. The topological polar surface area (TPSA) is 84.7 Å². The Morgan fingerprint density at radius 2 is 2.04 bits per heavy atom. The average Bonchev–Trinajstić information content (AvgIpc) is 2.94. The summed E-state index contributed by atoms with van der Waals surface area (Å²) in [6.45, 7) is 5.01. The number of likely N-dealkylation sites (tertiary alicyclic amines) is 1. The number of ether oxygens (including phenoxy) is 1. The van der Waals surface area contributed by atoms with E-state index in [1.165, 1.54) is 0 Å². The van der Waals surface area contributed by atoms with Crippen LogP contribution in [0, 0.1) is 12.8 Å². The molecule has 2 amide bonds. The minimum Gasteiger partial charge on any atom is -0.494 e. The number of rotatable bonds is 5. The number of anilines is 1. The van der Waals surface area contributed by atoms with Crippen LogP contribution in [0.25, 0.3) is 0 Å². The number of aromatic nitrogens is 1. The lowest BCUT2D eigenvalue weighted by Crippen LogP contribution is -2.54. The summed E-state index contributed by atoms with van der Waals surface area (Å²) in [6, 6.07) is 8.80. The maximum Gasteiger partial charge on any atom is 0.276 e. The summed E-state index contributed by atoms with van der Waals surface area (Å²) in [4.78, 5) is 25.9. The Balaban J connectivity index is 1.50. The van der Waals surface area contributed by atoms with Gasteiger partial charge < -0.3 is 19.5 Å². The summed E-state index contributed by atoms with van der Waals surface area (Å²) in [5, 5.41) is 6.55. The molecule has 1 aliphatic heterocycles. The number of amides is 2. The van der Waals surface area contributed by atoms with Gasteiger partial charge in [-0.15, -0.1) is 0 Å². The Kier molecular flexibility index (Phi) is 4.50. The normalized spacial score (nSPS) is 14.2. The lowest BCUT2D eigenvalue weighted by molar-refractivity contribution is -0.123. The summed E-state index contributed by atoms with van der Waals surface area (Å²) in [5.74, 6) is 0.826. The van der Waals surface area contributed by atoms with E-state index in [0.29, 0.717) is 31.1 Å². The van der Waals surface area contributed by atoms with E-state index in [2.05, 4.69) is 10.5 Å². The molecular formula is C17H19N3O4. The minimum atomic E-state index is -0.214. The zero-order valence-corrected chi connectivity index (χ0v) is 13.6. The van der Waals surface area contributed by atoms with E-state index >= 15 is 0 Å². The number of benzene rings is 1. The predicted molar refractivity (Wildman–Crippen MR) is 86.9 cm³/mol. The van der Waals surface area contributed by atoms with Gasteiger partial charge in [0.2, 0.25) is 5.91 Å². The highest BCUT2D eigenvalue weighted by Crippen LogP contribution is 2.21. The number of aryl methyl sites for hydroxylation is 1. The van der Waals surface area contributed by atoms with Gasteiger partial charge in [-0.3, -0.25) is 9.59 Å². The van der Waals surface area contributed by atoms with Crippen LogP contribution in [-0.2, 0) is 4.79 Å². The zero-order valence-electron chi connectivity index (χ0n) is 13.6. The molecule has 2 heterocycles. The van der Waals surface area contributed by atoms with Gasteiger partial charge in [-0.05, 0) is 38.1 Å². The molecule has 126 valence electrons. The quantitative estimate of drug-likeness (QED) is 0.908. The van der Waals surface area contributed by atoms with Gasteiger partial charge in [-0.1, -0.05) is 5.16 Å². The van der Waals surface area contributed by atoms with Crippen molar-refractivity contribution >= 4 is 17.5 Å². The van der Waals surface area contributed by atoms with Crippen molar-refractivity contribution in [3.05, 3.63) is 41.8 Å². The van der Waals surface area contributed by atoms with Crippen LogP contribution >= 0.6 is 0 Å². The predicted octanol–water partition coefficient (Wildman–Crippen LogP) is 2.09. The molecule has 0 aliphatic carbocycles. The minimum absolute atomic E-state index is 0.0976. The first-order valence-corrected chi connectivity index (χ1v) is 7.83. The van der Waals surface area contributed by atoms with Crippen molar-refractivity contribution in [2.45, 2.75) is 13.8 Å². The van der Waals surface area contributed by atoms with E-state index in [1.54, 1.807) is 30.0 Å². The van der Waals surface area contributed by atoms with Crippen LogP contribution in [0.1, 0.15) is 23.2 Å². The molecule has 1 aliphatic rings. The molecule has 0 radical (unpaired) electrons. The van der Waals surface area contributed by atoms with E-state index in [0.717, 1.165) is 5.75 Å². The summed E-state index contributed by atoms with van der Waals surface area (Å²) in [7, 11) is 0. The second-order valence-electron chi connectivity index (χ2n) is 5.68. The summed E-state index contributed by atoms with van der Waals surface area (Å²) in [6.07, 6.45) is 0. The Hall–Kier alpha value is -2.83. The third kappa shape index (κ3) is 3.40. The van der Waals surface area contributed by atoms with Gasteiger partial charge in [0.05, 0.1) is 12.5 Å². The molecule has 7 nitrogen and oxygen atoms in total. The molecule has 0 spiro atoms. The Morgan fingerprint density at radius 1 is 1.33 bits per heavy atom. The molecular weight excluding hydrogens is 310 g/mol. The van der Waals surface area contributed by atoms with Crippen LogP contribution in [0.3, 0.4) is 0 Å². The maximum absolute atomic E-state index is 12.2. The van der Waals surface area contributed by atoms with Crippen molar-refractivity contribution in [1.29, 1.82) is 0 Å². The number of carbonyl (C=O) groups excluding carboxylic acids is 2. The molecule has 3 rings (SSSR count). The Morgan fingerprint density at radius 3 is 2.62 bits per heavy atom. The molecule has 2 aromatic rings. The number of nitrogens with one attached hydrogen (secondary N) is 1. The summed E-state index contributed by atoms with van der Waals surface area (Å²) < 4.78 is 10.3. The van der Waals surface area contributed by atoms with Gasteiger partial charge in [0.15, 0.2) is 5.69 Å². The van der Waals surface area contributed by atoms with E-state index in [9.17, 15) is 9.59 Å². The smallest absolute Gasteiger partial charge is 0.276 e. The molecule has 7 heteroatoms. The molecule has 24 heavy (non-hydrogen) atoms. The van der Waals surface area contributed by atoms with Gasteiger partial charge in [-0.2, -0.15) is 0 Å². The monoisotopic (exact) mass is 329 g/mol. The van der Waals surface area contributed by atoms with Crippen molar-refractivity contribution in [3.8, 4) is 5.75 Å². The van der Waals surface area contributed by atoms with Gasteiger partial charge in [0.25, 0.3) is 5.91 Å². The van der Waals surface area contributed by atoms with Gasteiger partial charge in [0, 0.05) is 24.8 Å². The van der Waals surface area contributed by atoms with Crippen LogP contribution < -0.4 is 10.1 Å². The molecule has 1 N–H and O–H groups in total. The first-order chi connectivity index (χ1) is 11.6. The number of hydrogen-bond donors (Lipinski definition) is 1. The van der Waals surface area contributed by atoms with Crippen LogP contribution in [0.5, 0.6) is 5.75 Å². The van der Waals surface area contributed by atoms with Crippen molar-refractivity contribution in [2.75, 3.05) is 25.0 Å². The zero-order chi connectivity index (χ0) is 17.1.